The molecule has 0 aliphatic heterocycles. The smallest absolute Gasteiger partial charge is 0.302 e. The average molecular weight is 329 g/mol. The standard InChI is InChI=1S/C14H11N5O5/c20-12(9-4-3-5-10(8-9)19(23)24)17-18-14(22)13(21)16-11-6-1-2-7-15-11/h1-8H,(H,17,20)(H,18,22)(H,15,16,21). The first kappa shape index (κ1) is 16.5. The quantitative estimate of drug-likeness (QED) is 0.422. The second-order valence-corrected chi connectivity index (χ2v) is 4.38. The van der Waals surface area contributed by atoms with Gasteiger partial charge in [0, 0.05) is 23.9 Å². The number of anilines is 1. The molecular formula is C14H11N5O5. The van der Waals surface area contributed by atoms with Crippen LogP contribution in [0, 0.1) is 10.1 Å². The molecule has 1 heterocycles. The molecule has 10 nitrogen and oxygen atoms in total. The number of carbonyl (C=O) groups is 3. The molecule has 24 heavy (non-hydrogen) atoms. The SMILES string of the molecule is O=C(NNC(=O)c1cccc([N+](=O)[O-])c1)C(=O)Nc1ccccn1. The van der Waals surface area contributed by atoms with Gasteiger partial charge in [-0.3, -0.25) is 35.3 Å². The number of hydrogen-bond acceptors (Lipinski definition) is 6. The van der Waals surface area contributed by atoms with Crippen LogP contribution in [0.4, 0.5) is 11.5 Å². The number of carbonyl (C=O) groups excluding carboxylic acids is 3. The lowest BCUT2D eigenvalue weighted by Crippen LogP contribution is -2.46. The predicted molar refractivity (Wildman–Crippen MR) is 81.6 cm³/mol. The maximum atomic E-state index is 11.8. The number of aromatic nitrogens is 1. The van der Waals surface area contributed by atoms with Crippen LogP contribution in [0.5, 0.6) is 0 Å². The molecule has 2 rings (SSSR count). The van der Waals surface area contributed by atoms with Gasteiger partial charge in [0.1, 0.15) is 5.82 Å². The number of hydrazine groups is 1. The highest BCUT2D eigenvalue weighted by molar-refractivity contribution is 6.39. The summed E-state index contributed by atoms with van der Waals surface area (Å²) >= 11 is 0. The fourth-order valence-electron chi connectivity index (χ4n) is 1.61. The Hall–Kier alpha value is -3.82. The molecule has 3 amide bonds. The van der Waals surface area contributed by atoms with E-state index >= 15 is 0 Å². The van der Waals surface area contributed by atoms with Gasteiger partial charge in [-0.25, -0.2) is 4.98 Å². The number of nitro groups is 1. The van der Waals surface area contributed by atoms with Crippen LogP contribution in [0.15, 0.2) is 48.7 Å². The molecule has 0 unspecified atom stereocenters. The van der Waals surface area contributed by atoms with Crippen molar-refractivity contribution in [3.05, 3.63) is 64.3 Å². The number of non-ortho nitro benzene ring substituents is 1. The highest BCUT2D eigenvalue weighted by atomic mass is 16.6. The summed E-state index contributed by atoms with van der Waals surface area (Å²) in [5.74, 6) is -2.80. The molecule has 0 fully saturated rings. The Kier molecular flexibility index (Phi) is 5.13. The maximum Gasteiger partial charge on any atom is 0.328 e. The van der Waals surface area contributed by atoms with E-state index in [4.69, 9.17) is 0 Å². The van der Waals surface area contributed by atoms with Gasteiger partial charge in [-0.05, 0) is 18.2 Å². The Balaban J connectivity index is 1.91. The third kappa shape index (κ3) is 4.34. The van der Waals surface area contributed by atoms with Crippen molar-refractivity contribution in [2.24, 2.45) is 0 Å². The Morgan fingerprint density at radius 1 is 1.00 bits per heavy atom. The summed E-state index contributed by atoms with van der Waals surface area (Å²) < 4.78 is 0. The lowest BCUT2D eigenvalue weighted by Gasteiger charge is -2.07. The molecule has 0 radical (unpaired) electrons. The number of pyridine rings is 1. The molecule has 0 saturated heterocycles. The van der Waals surface area contributed by atoms with E-state index in [1.54, 1.807) is 12.1 Å². The van der Waals surface area contributed by atoms with Crippen molar-refractivity contribution in [3.8, 4) is 0 Å². The van der Waals surface area contributed by atoms with Crippen molar-refractivity contribution in [2.45, 2.75) is 0 Å². The first-order valence-corrected chi connectivity index (χ1v) is 6.54. The molecule has 0 aliphatic rings. The minimum absolute atomic E-state index is 0.0466. The molecule has 1 aromatic heterocycles. The van der Waals surface area contributed by atoms with Gasteiger partial charge >= 0.3 is 11.8 Å². The third-order valence-corrected chi connectivity index (χ3v) is 2.72. The summed E-state index contributed by atoms with van der Waals surface area (Å²) in [6.45, 7) is 0. The van der Waals surface area contributed by atoms with Crippen LogP contribution in [-0.2, 0) is 9.59 Å². The minimum atomic E-state index is -1.13. The largest absolute Gasteiger partial charge is 0.328 e. The summed E-state index contributed by atoms with van der Waals surface area (Å²) in [7, 11) is 0. The summed E-state index contributed by atoms with van der Waals surface area (Å²) in [4.78, 5) is 48.8. The van der Waals surface area contributed by atoms with Gasteiger partial charge in [-0.1, -0.05) is 12.1 Å². The zero-order valence-corrected chi connectivity index (χ0v) is 12.1. The molecule has 10 heteroatoms. The van der Waals surface area contributed by atoms with Gasteiger partial charge in [0.2, 0.25) is 0 Å². The molecule has 0 saturated carbocycles. The van der Waals surface area contributed by atoms with Crippen LogP contribution >= 0.6 is 0 Å². The topological polar surface area (TPSA) is 143 Å². The van der Waals surface area contributed by atoms with E-state index in [0.717, 1.165) is 6.07 Å². The molecule has 0 atom stereocenters. The summed E-state index contributed by atoms with van der Waals surface area (Å²) in [6, 6.07) is 9.63. The fourth-order valence-corrected chi connectivity index (χ4v) is 1.61. The lowest BCUT2D eigenvalue weighted by atomic mass is 10.2. The van der Waals surface area contributed by atoms with E-state index in [1.807, 2.05) is 10.9 Å². The zero-order chi connectivity index (χ0) is 17.5. The van der Waals surface area contributed by atoms with E-state index in [0.29, 0.717) is 0 Å². The number of benzene rings is 1. The van der Waals surface area contributed by atoms with Crippen molar-refractivity contribution < 1.29 is 19.3 Å². The Morgan fingerprint density at radius 2 is 1.79 bits per heavy atom. The molecule has 0 bridgehead atoms. The third-order valence-electron chi connectivity index (χ3n) is 2.72. The highest BCUT2D eigenvalue weighted by Crippen LogP contribution is 2.12. The fraction of sp³-hybridized carbons (Fsp3) is 0. The summed E-state index contributed by atoms with van der Waals surface area (Å²) in [5.41, 5.74) is 3.57. The highest BCUT2D eigenvalue weighted by Gasteiger charge is 2.16. The second-order valence-electron chi connectivity index (χ2n) is 4.38. The van der Waals surface area contributed by atoms with Crippen LogP contribution in [0.3, 0.4) is 0 Å². The summed E-state index contributed by atoms with van der Waals surface area (Å²) in [5, 5.41) is 12.9. The number of hydrogen-bond donors (Lipinski definition) is 3. The monoisotopic (exact) mass is 329 g/mol. The van der Waals surface area contributed by atoms with E-state index in [-0.39, 0.29) is 17.1 Å². The van der Waals surface area contributed by atoms with Crippen molar-refractivity contribution >= 4 is 29.2 Å². The van der Waals surface area contributed by atoms with Gasteiger partial charge in [0.05, 0.1) is 4.92 Å². The predicted octanol–water partition coefficient (Wildman–Crippen LogP) is 0.389. The number of nitro benzene ring substituents is 1. The molecule has 1 aromatic carbocycles. The van der Waals surface area contributed by atoms with Crippen LogP contribution in [0.25, 0.3) is 0 Å². The maximum absolute atomic E-state index is 11.8. The van der Waals surface area contributed by atoms with Gasteiger partial charge in [-0.15, -0.1) is 0 Å². The van der Waals surface area contributed by atoms with E-state index in [1.165, 1.54) is 30.5 Å². The van der Waals surface area contributed by atoms with Crippen molar-refractivity contribution in [3.63, 3.8) is 0 Å². The van der Waals surface area contributed by atoms with Crippen molar-refractivity contribution in [1.29, 1.82) is 0 Å². The van der Waals surface area contributed by atoms with Gasteiger partial charge in [-0.2, -0.15) is 0 Å². The van der Waals surface area contributed by atoms with Crippen LogP contribution in [0.1, 0.15) is 10.4 Å². The number of rotatable bonds is 3. The van der Waals surface area contributed by atoms with Crippen LogP contribution in [-0.4, -0.2) is 27.6 Å². The number of nitrogens with zero attached hydrogens (tertiary/aromatic N) is 2. The van der Waals surface area contributed by atoms with Crippen LogP contribution in [0.2, 0.25) is 0 Å². The Bertz CT molecular complexity index is 793. The number of nitrogens with one attached hydrogen (secondary N) is 3. The van der Waals surface area contributed by atoms with Gasteiger partial charge < -0.3 is 5.32 Å². The average Bonchev–Trinajstić information content (AvgIpc) is 2.60. The molecular weight excluding hydrogens is 318 g/mol. The van der Waals surface area contributed by atoms with Crippen molar-refractivity contribution in [2.75, 3.05) is 5.32 Å². The summed E-state index contributed by atoms with van der Waals surface area (Å²) in [6.07, 6.45) is 1.43. The van der Waals surface area contributed by atoms with Crippen LogP contribution < -0.4 is 16.2 Å². The molecule has 3 N–H and O–H groups in total. The first-order chi connectivity index (χ1) is 11.5. The second kappa shape index (κ2) is 7.45. The zero-order valence-electron chi connectivity index (χ0n) is 12.1. The van der Waals surface area contributed by atoms with E-state index in [2.05, 4.69) is 10.3 Å². The number of amides is 3. The molecule has 122 valence electrons. The minimum Gasteiger partial charge on any atom is -0.302 e. The van der Waals surface area contributed by atoms with Crippen molar-refractivity contribution in [1.82, 2.24) is 15.8 Å². The Morgan fingerprint density at radius 3 is 2.46 bits per heavy atom. The molecule has 0 aliphatic carbocycles. The van der Waals surface area contributed by atoms with E-state index in [9.17, 15) is 24.5 Å². The lowest BCUT2D eigenvalue weighted by molar-refractivity contribution is -0.384. The van der Waals surface area contributed by atoms with Gasteiger partial charge in [0.25, 0.3) is 11.6 Å². The van der Waals surface area contributed by atoms with Gasteiger partial charge in [0.15, 0.2) is 0 Å². The molecule has 2 aromatic rings. The normalized spacial score (nSPS) is 9.67. The van der Waals surface area contributed by atoms with E-state index < -0.39 is 22.6 Å². The molecule has 0 spiro atoms. The first-order valence-electron chi connectivity index (χ1n) is 6.54. The Labute approximate surface area is 135 Å².